The first-order valence-electron chi connectivity index (χ1n) is 7.26. The van der Waals surface area contributed by atoms with Crippen LogP contribution in [0.5, 0.6) is 0 Å². The molecule has 24 heavy (non-hydrogen) atoms. The van der Waals surface area contributed by atoms with Gasteiger partial charge in [0.15, 0.2) is 0 Å². The van der Waals surface area contributed by atoms with Crippen molar-refractivity contribution in [3.63, 3.8) is 0 Å². The van der Waals surface area contributed by atoms with Crippen LogP contribution in [0.3, 0.4) is 0 Å². The number of nitrogens with zero attached hydrogens (tertiary/aromatic N) is 1. The van der Waals surface area contributed by atoms with Crippen molar-refractivity contribution in [2.75, 3.05) is 5.32 Å². The van der Waals surface area contributed by atoms with Crippen LogP contribution in [0.25, 0.3) is 10.8 Å². The molecule has 0 heterocycles. The fourth-order valence-corrected chi connectivity index (χ4v) is 3.12. The first-order valence-corrected chi connectivity index (χ1v) is 8.81. The second-order valence-corrected chi connectivity index (χ2v) is 6.92. The lowest BCUT2D eigenvalue weighted by atomic mass is 10.0. The molecule has 0 fully saturated rings. The van der Waals surface area contributed by atoms with Crippen LogP contribution in [-0.2, 0) is 16.6 Å². The number of fused-ring (bicyclic) bond motifs is 1. The third kappa shape index (κ3) is 3.23. The van der Waals surface area contributed by atoms with Crippen LogP contribution < -0.4 is 10.5 Å². The average Bonchev–Trinajstić information content (AvgIpc) is 2.59. The normalized spacial score (nSPS) is 11.2. The first-order chi connectivity index (χ1) is 11.5. The molecule has 0 aromatic heterocycles. The fourth-order valence-electron chi connectivity index (χ4n) is 2.58. The number of benzene rings is 3. The van der Waals surface area contributed by atoms with Crippen molar-refractivity contribution in [1.29, 1.82) is 5.26 Å². The Balaban J connectivity index is 1.90. The van der Waals surface area contributed by atoms with Crippen LogP contribution in [0.4, 0.5) is 5.69 Å². The largest absolute Gasteiger partial charge is 0.380 e. The number of sulfonamides is 1. The zero-order valence-electron chi connectivity index (χ0n) is 12.7. The van der Waals surface area contributed by atoms with E-state index in [1.807, 2.05) is 48.5 Å². The summed E-state index contributed by atoms with van der Waals surface area (Å²) in [6.07, 6.45) is 0. The standard InChI is InChI=1S/C18H15N3O2S/c19-11-15-10-16(24(20,22)23)8-9-18(15)21-12-14-6-3-5-13-4-1-2-7-17(13)14/h1-10,21H,12H2,(H2,20,22,23). The maximum Gasteiger partial charge on any atom is 0.238 e. The molecule has 3 N–H and O–H groups in total. The minimum absolute atomic E-state index is 0.0743. The number of anilines is 1. The highest BCUT2D eigenvalue weighted by molar-refractivity contribution is 7.89. The molecule has 0 radical (unpaired) electrons. The van der Waals surface area contributed by atoms with Gasteiger partial charge in [0.05, 0.1) is 16.1 Å². The Kier molecular flexibility index (Phi) is 4.21. The van der Waals surface area contributed by atoms with Gasteiger partial charge in [-0.15, -0.1) is 0 Å². The van der Waals surface area contributed by atoms with Gasteiger partial charge in [0.1, 0.15) is 6.07 Å². The number of hydrogen-bond acceptors (Lipinski definition) is 4. The van der Waals surface area contributed by atoms with Gasteiger partial charge in [0, 0.05) is 6.54 Å². The Hall–Kier alpha value is -2.88. The molecule has 0 atom stereocenters. The number of nitriles is 1. The van der Waals surface area contributed by atoms with E-state index in [0.717, 1.165) is 16.3 Å². The van der Waals surface area contributed by atoms with Gasteiger partial charge < -0.3 is 5.32 Å². The third-order valence-electron chi connectivity index (χ3n) is 3.79. The Bertz CT molecular complexity index is 1050. The van der Waals surface area contributed by atoms with E-state index < -0.39 is 10.0 Å². The quantitative estimate of drug-likeness (QED) is 0.765. The van der Waals surface area contributed by atoms with Crippen LogP contribution in [0.1, 0.15) is 11.1 Å². The highest BCUT2D eigenvalue weighted by atomic mass is 32.2. The molecule has 0 aliphatic heterocycles. The van der Waals surface area contributed by atoms with Gasteiger partial charge in [0.2, 0.25) is 10.0 Å². The fraction of sp³-hybridized carbons (Fsp3) is 0.0556. The van der Waals surface area contributed by atoms with Crippen LogP contribution in [0, 0.1) is 11.3 Å². The summed E-state index contributed by atoms with van der Waals surface area (Å²) in [6, 6.07) is 20.3. The molecule has 0 amide bonds. The summed E-state index contributed by atoms with van der Waals surface area (Å²) in [5.41, 5.74) is 1.90. The summed E-state index contributed by atoms with van der Waals surface area (Å²) in [6.45, 7) is 0.519. The van der Waals surface area contributed by atoms with Gasteiger partial charge in [0.25, 0.3) is 0 Å². The van der Waals surface area contributed by atoms with Crippen LogP contribution in [-0.4, -0.2) is 8.42 Å². The van der Waals surface area contributed by atoms with E-state index in [1.54, 1.807) is 6.07 Å². The smallest absolute Gasteiger partial charge is 0.238 e. The second kappa shape index (κ2) is 6.32. The number of primary sulfonamides is 1. The van der Waals surface area contributed by atoms with Crippen molar-refractivity contribution in [2.24, 2.45) is 5.14 Å². The lowest BCUT2D eigenvalue weighted by molar-refractivity contribution is 0.598. The molecule has 0 saturated carbocycles. The SMILES string of the molecule is N#Cc1cc(S(N)(=O)=O)ccc1NCc1cccc2ccccc12. The zero-order valence-corrected chi connectivity index (χ0v) is 13.5. The topological polar surface area (TPSA) is 96.0 Å². The highest BCUT2D eigenvalue weighted by Crippen LogP contribution is 2.22. The van der Waals surface area contributed by atoms with Crippen LogP contribution >= 0.6 is 0 Å². The zero-order chi connectivity index (χ0) is 17.2. The second-order valence-electron chi connectivity index (χ2n) is 5.36. The number of rotatable bonds is 4. The van der Waals surface area contributed by atoms with E-state index >= 15 is 0 Å². The molecule has 0 aliphatic carbocycles. The number of nitrogens with one attached hydrogen (secondary N) is 1. The van der Waals surface area contributed by atoms with Crippen LogP contribution in [0.15, 0.2) is 65.6 Å². The van der Waals surface area contributed by atoms with Gasteiger partial charge in [-0.05, 0) is 34.5 Å². The maximum atomic E-state index is 11.4. The Morgan fingerprint density at radius 1 is 1.04 bits per heavy atom. The van der Waals surface area contributed by atoms with E-state index in [1.165, 1.54) is 12.1 Å². The highest BCUT2D eigenvalue weighted by Gasteiger charge is 2.11. The lowest BCUT2D eigenvalue weighted by Gasteiger charge is -2.11. The average molecular weight is 337 g/mol. The Morgan fingerprint density at radius 3 is 2.54 bits per heavy atom. The summed E-state index contributed by atoms with van der Waals surface area (Å²) in [5.74, 6) is 0. The van der Waals surface area contributed by atoms with Gasteiger partial charge >= 0.3 is 0 Å². The molecule has 0 unspecified atom stereocenters. The predicted molar refractivity (Wildman–Crippen MR) is 93.8 cm³/mol. The van der Waals surface area contributed by atoms with E-state index in [4.69, 9.17) is 5.14 Å². The molecule has 3 aromatic carbocycles. The Morgan fingerprint density at radius 2 is 1.79 bits per heavy atom. The van der Waals surface area contributed by atoms with Gasteiger partial charge in [-0.3, -0.25) is 0 Å². The molecule has 0 aliphatic rings. The van der Waals surface area contributed by atoms with E-state index in [2.05, 4.69) is 5.32 Å². The van der Waals surface area contributed by atoms with Gasteiger partial charge in [-0.2, -0.15) is 5.26 Å². The molecule has 5 nitrogen and oxygen atoms in total. The Labute approximate surface area is 140 Å². The monoisotopic (exact) mass is 337 g/mol. The molecule has 0 bridgehead atoms. The first kappa shape index (κ1) is 16.0. The molecular formula is C18H15N3O2S. The predicted octanol–water partition coefficient (Wildman–Crippen LogP) is 2.97. The summed E-state index contributed by atoms with van der Waals surface area (Å²) in [4.78, 5) is -0.0743. The van der Waals surface area contributed by atoms with E-state index in [-0.39, 0.29) is 10.5 Å². The minimum Gasteiger partial charge on any atom is -0.380 e. The summed E-state index contributed by atoms with van der Waals surface area (Å²) >= 11 is 0. The van der Waals surface area contributed by atoms with E-state index in [0.29, 0.717) is 12.2 Å². The molecular weight excluding hydrogens is 322 g/mol. The van der Waals surface area contributed by atoms with Crippen molar-refractivity contribution in [3.8, 4) is 6.07 Å². The van der Waals surface area contributed by atoms with Gasteiger partial charge in [-0.25, -0.2) is 13.6 Å². The summed E-state index contributed by atoms with van der Waals surface area (Å²) in [7, 11) is -3.83. The molecule has 120 valence electrons. The van der Waals surface area contributed by atoms with Crippen molar-refractivity contribution in [2.45, 2.75) is 11.4 Å². The maximum absolute atomic E-state index is 11.4. The minimum atomic E-state index is -3.83. The van der Waals surface area contributed by atoms with Gasteiger partial charge in [-0.1, -0.05) is 42.5 Å². The van der Waals surface area contributed by atoms with E-state index in [9.17, 15) is 13.7 Å². The van der Waals surface area contributed by atoms with Crippen molar-refractivity contribution in [1.82, 2.24) is 0 Å². The lowest BCUT2D eigenvalue weighted by Crippen LogP contribution is -2.12. The number of hydrogen-bond donors (Lipinski definition) is 2. The summed E-state index contributed by atoms with van der Waals surface area (Å²) in [5, 5.41) is 19.8. The molecule has 6 heteroatoms. The molecule has 3 aromatic rings. The molecule has 0 saturated heterocycles. The summed E-state index contributed by atoms with van der Waals surface area (Å²) < 4.78 is 22.8. The van der Waals surface area contributed by atoms with Crippen molar-refractivity contribution in [3.05, 3.63) is 71.8 Å². The van der Waals surface area contributed by atoms with Crippen molar-refractivity contribution < 1.29 is 8.42 Å². The number of nitrogens with two attached hydrogens (primary N) is 1. The van der Waals surface area contributed by atoms with Crippen molar-refractivity contribution >= 4 is 26.5 Å². The molecule has 0 spiro atoms. The third-order valence-corrected chi connectivity index (χ3v) is 4.70. The molecule has 3 rings (SSSR count). The van der Waals surface area contributed by atoms with Crippen LogP contribution in [0.2, 0.25) is 0 Å².